The lowest BCUT2D eigenvalue weighted by molar-refractivity contribution is -0.0793. The SMILES string of the molecule is COc1cc2c(cc1CC(C)C)-n1cnc(C(=O)OF)c1CC2. The number of nitrogens with zero attached hydrogens (tertiary/aromatic N) is 2. The summed E-state index contributed by atoms with van der Waals surface area (Å²) >= 11 is 0. The van der Waals surface area contributed by atoms with Gasteiger partial charge >= 0.3 is 5.97 Å². The minimum absolute atomic E-state index is 0.0411. The number of hydrogen-bond acceptors (Lipinski definition) is 4. The Hall–Kier alpha value is -2.37. The second-order valence-corrected chi connectivity index (χ2v) is 6.17. The zero-order chi connectivity index (χ0) is 16.6. The Morgan fingerprint density at radius 2 is 2.17 bits per heavy atom. The molecule has 0 saturated heterocycles. The number of aromatic nitrogens is 2. The van der Waals surface area contributed by atoms with E-state index in [1.54, 1.807) is 13.4 Å². The summed E-state index contributed by atoms with van der Waals surface area (Å²) in [5.41, 5.74) is 3.92. The maximum Gasteiger partial charge on any atom is 0.399 e. The number of carbonyl (C=O) groups excluding carboxylic acids is 1. The molecule has 1 aliphatic heterocycles. The molecule has 2 heterocycles. The van der Waals surface area contributed by atoms with Crippen LogP contribution in [-0.2, 0) is 24.2 Å². The smallest absolute Gasteiger partial charge is 0.399 e. The highest BCUT2D eigenvalue weighted by Crippen LogP contribution is 2.33. The summed E-state index contributed by atoms with van der Waals surface area (Å²) in [5.74, 6) is 0.326. The molecule has 0 saturated carbocycles. The first-order chi connectivity index (χ1) is 11.0. The third-order valence-electron chi connectivity index (χ3n) is 4.13. The number of hydrogen-bond donors (Lipinski definition) is 0. The first-order valence-electron chi connectivity index (χ1n) is 7.64. The van der Waals surface area contributed by atoms with Gasteiger partial charge in [0.1, 0.15) is 12.1 Å². The maximum absolute atomic E-state index is 12.2. The van der Waals surface area contributed by atoms with E-state index in [9.17, 15) is 9.32 Å². The number of rotatable bonds is 4. The fourth-order valence-corrected chi connectivity index (χ4v) is 3.15. The van der Waals surface area contributed by atoms with Crippen molar-refractivity contribution in [3.05, 3.63) is 41.0 Å². The number of ether oxygens (including phenoxy) is 1. The lowest BCUT2D eigenvalue weighted by Crippen LogP contribution is -2.15. The molecule has 0 atom stereocenters. The predicted molar refractivity (Wildman–Crippen MR) is 82.6 cm³/mol. The van der Waals surface area contributed by atoms with Gasteiger partial charge in [0.15, 0.2) is 5.69 Å². The predicted octanol–water partition coefficient (Wildman–Crippen LogP) is 3.22. The van der Waals surface area contributed by atoms with Crippen molar-refractivity contribution in [2.45, 2.75) is 33.1 Å². The quantitative estimate of drug-likeness (QED) is 0.868. The molecule has 0 bridgehead atoms. The van der Waals surface area contributed by atoms with Crippen LogP contribution in [0.2, 0.25) is 0 Å². The second-order valence-electron chi connectivity index (χ2n) is 6.17. The monoisotopic (exact) mass is 318 g/mol. The molecule has 23 heavy (non-hydrogen) atoms. The highest BCUT2D eigenvalue weighted by molar-refractivity contribution is 5.88. The van der Waals surface area contributed by atoms with Crippen LogP contribution in [0.15, 0.2) is 18.5 Å². The average Bonchev–Trinajstić information content (AvgIpc) is 2.97. The molecule has 1 aliphatic rings. The molecule has 122 valence electrons. The van der Waals surface area contributed by atoms with Crippen LogP contribution in [0.4, 0.5) is 4.53 Å². The molecule has 3 rings (SSSR count). The van der Waals surface area contributed by atoms with E-state index in [1.807, 2.05) is 10.6 Å². The Labute approximate surface area is 133 Å². The minimum atomic E-state index is -1.04. The van der Waals surface area contributed by atoms with Crippen molar-refractivity contribution in [2.75, 3.05) is 7.11 Å². The van der Waals surface area contributed by atoms with Gasteiger partial charge in [0.2, 0.25) is 0 Å². The van der Waals surface area contributed by atoms with Crippen LogP contribution < -0.4 is 4.74 Å². The molecule has 6 heteroatoms. The molecule has 0 radical (unpaired) electrons. The Morgan fingerprint density at radius 3 is 2.83 bits per heavy atom. The zero-order valence-electron chi connectivity index (χ0n) is 13.4. The molecule has 0 N–H and O–H groups in total. The molecule has 1 aromatic heterocycles. The average molecular weight is 318 g/mol. The van der Waals surface area contributed by atoms with Crippen molar-refractivity contribution in [2.24, 2.45) is 5.92 Å². The van der Waals surface area contributed by atoms with E-state index in [1.165, 1.54) is 0 Å². The minimum Gasteiger partial charge on any atom is -0.496 e. The van der Waals surface area contributed by atoms with Gasteiger partial charge in [0, 0.05) is 4.53 Å². The van der Waals surface area contributed by atoms with E-state index in [0.717, 1.165) is 35.4 Å². The lowest BCUT2D eigenvalue weighted by Gasteiger charge is -2.22. The van der Waals surface area contributed by atoms with E-state index in [0.29, 0.717) is 18.0 Å². The number of halogens is 1. The number of aryl methyl sites for hydroxylation is 1. The number of carbonyl (C=O) groups is 1. The van der Waals surface area contributed by atoms with Gasteiger partial charge in [-0.15, -0.1) is 0 Å². The third-order valence-corrected chi connectivity index (χ3v) is 4.13. The van der Waals surface area contributed by atoms with Gasteiger partial charge in [-0.25, -0.2) is 14.7 Å². The van der Waals surface area contributed by atoms with Gasteiger partial charge in [-0.3, -0.25) is 0 Å². The topological polar surface area (TPSA) is 53.4 Å². The summed E-state index contributed by atoms with van der Waals surface area (Å²) in [4.78, 5) is 18.8. The summed E-state index contributed by atoms with van der Waals surface area (Å²) in [6.45, 7) is 4.30. The van der Waals surface area contributed by atoms with E-state index < -0.39 is 5.97 Å². The number of imidazole rings is 1. The first kappa shape index (κ1) is 15.5. The number of benzene rings is 1. The van der Waals surface area contributed by atoms with Crippen molar-refractivity contribution in [1.29, 1.82) is 0 Å². The van der Waals surface area contributed by atoms with E-state index >= 15 is 0 Å². The first-order valence-corrected chi connectivity index (χ1v) is 7.64. The van der Waals surface area contributed by atoms with Crippen LogP contribution in [0.3, 0.4) is 0 Å². The number of methoxy groups -OCH3 is 1. The van der Waals surface area contributed by atoms with Crippen molar-refractivity contribution in [3.63, 3.8) is 0 Å². The molecule has 0 fully saturated rings. The van der Waals surface area contributed by atoms with Gasteiger partial charge in [0.05, 0.1) is 18.5 Å². The van der Waals surface area contributed by atoms with Crippen LogP contribution >= 0.6 is 0 Å². The van der Waals surface area contributed by atoms with Crippen LogP contribution in [0.25, 0.3) is 5.69 Å². The molecule has 0 spiro atoms. The van der Waals surface area contributed by atoms with Crippen LogP contribution in [0.1, 0.15) is 41.2 Å². The summed E-state index contributed by atoms with van der Waals surface area (Å²) in [6.07, 6.45) is 3.78. The lowest BCUT2D eigenvalue weighted by atomic mass is 9.94. The second kappa shape index (κ2) is 6.02. The van der Waals surface area contributed by atoms with Gasteiger partial charge in [0.25, 0.3) is 0 Å². The maximum atomic E-state index is 12.2. The van der Waals surface area contributed by atoms with Crippen molar-refractivity contribution in [3.8, 4) is 11.4 Å². The standard InChI is InChI=1S/C17H19FN2O3/c1-10(2)6-12-7-14-11(8-15(12)22-3)4-5-13-16(17(21)23-18)19-9-20(13)14/h7-10H,4-6H2,1-3H3. The van der Waals surface area contributed by atoms with E-state index in [2.05, 4.69) is 29.8 Å². The van der Waals surface area contributed by atoms with Crippen LogP contribution in [0, 0.1) is 5.92 Å². The fourth-order valence-electron chi connectivity index (χ4n) is 3.15. The third kappa shape index (κ3) is 2.69. The Balaban J connectivity index is 2.11. The van der Waals surface area contributed by atoms with Crippen molar-refractivity contribution < 1.29 is 19.0 Å². The van der Waals surface area contributed by atoms with E-state index in [4.69, 9.17) is 4.74 Å². The van der Waals surface area contributed by atoms with Crippen LogP contribution in [-0.4, -0.2) is 22.6 Å². The molecule has 1 aromatic carbocycles. The molecule has 2 aromatic rings. The van der Waals surface area contributed by atoms with Crippen LogP contribution in [0.5, 0.6) is 5.75 Å². The molecular weight excluding hydrogens is 299 g/mol. The molecule has 5 nitrogen and oxygen atoms in total. The molecular formula is C17H19FN2O3. The zero-order valence-corrected chi connectivity index (χ0v) is 13.4. The summed E-state index contributed by atoms with van der Waals surface area (Å²) in [5, 5.41) is 0. The Morgan fingerprint density at radius 1 is 1.39 bits per heavy atom. The van der Waals surface area contributed by atoms with Crippen molar-refractivity contribution in [1.82, 2.24) is 9.55 Å². The number of fused-ring (bicyclic) bond motifs is 3. The highest BCUT2D eigenvalue weighted by Gasteiger charge is 2.26. The normalized spacial score (nSPS) is 12.7. The summed E-state index contributed by atoms with van der Waals surface area (Å²) in [6, 6.07) is 4.12. The molecule has 0 aliphatic carbocycles. The fraction of sp³-hybridized carbons (Fsp3) is 0.412. The Bertz CT molecular complexity index is 753. The largest absolute Gasteiger partial charge is 0.496 e. The summed E-state index contributed by atoms with van der Waals surface area (Å²) in [7, 11) is 1.67. The van der Waals surface area contributed by atoms with Gasteiger partial charge in [-0.2, -0.15) is 0 Å². The van der Waals surface area contributed by atoms with Gasteiger partial charge in [-0.05, 0) is 48.4 Å². The molecule has 0 amide bonds. The highest BCUT2D eigenvalue weighted by atomic mass is 19.3. The van der Waals surface area contributed by atoms with E-state index in [-0.39, 0.29) is 5.69 Å². The van der Waals surface area contributed by atoms with Gasteiger partial charge in [-0.1, -0.05) is 13.8 Å². The molecule has 0 unspecified atom stereocenters. The van der Waals surface area contributed by atoms with Gasteiger partial charge < -0.3 is 9.30 Å². The Kier molecular flexibility index (Phi) is 4.07. The summed E-state index contributed by atoms with van der Waals surface area (Å²) < 4.78 is 19.6. The van der Waals surface area contributed by atoms with Crippen molar-refractivity contribution >= 4 is 5.97 Å².